The van der Waals surface area contributed by atoms with Crippen LogP contribution in [0.4, 0.5) is 14.5 Å². The second kappa shape index (κ2) is 7.50. The summed E-state index contributed by atoms with van der Waals surface area (Å²) in [6.45, 7) is 2.12. The fourth-order valence-electron chi connectivity index (χ4n) is 3.59. The van der Waals surface area contributed by atoms with Crippen molar-refractivity contribution in [3.8, 4) is 0 Å². The van der Waals surface area contributed by atoms with Gasteiger partial charge >= 0.3 is 0 Å². The van der Waals surface area contributed by atoms with Crippen molar-refractivity contribution in [1.82, 2.24) is 5.32 Å². The number of nitrogens with one attached hydrogen (secondary N) is 2. The predicted octanol–water partition coefficient (Wildman–Crippen LogP) is 5.33. The van der Waals surface area contributed by atoms with E-state index >= 15 is 0 Å². The minimum Gasteiger partial charge on any atom is -0.382 e. The van der Waals surface area contributed by atoms with E-state index in [9.17, 15) is 8.78 Å². The first kappa shape index (κ1) is 18.5. The largest absolute Gasteiger partial charge is 0.382 e. The Morgan fingerprint density at radius 3 is 2.52 bits per heavy atom. The van der Waals surface area contributed by atoms with Crippen LogP contribution in [0.25, 0.3) is 5.57 Å². The van der Waals surface area contributed by atoms with Crippen LogP contribution in [0.3, 0.4) is 0 Å². The van der Waals surface area contributed by atoms with E-state index in [0.29, 0.717) is 12.8 Å². The van der Waals surface area contributed by atoms with Crippen LogP contribution in [0.5, 0.6) is 0 Å². The third-order valence-corrected chi connectivity index (χ3v) is 5.87. The zero-order valence-electron chi connectivity index (χ0n) is 15.0. The first-order valence-electron chi connectivity index (χ1n) is 8.82. The predicted molar refractivity (Wildman–Crippen MR) is 104 cm³/mol. The number of likely N-dealkylation sites (N-methyl/N-ethyl adjacent to an activating group) is 1. The Labute approximate surface area is 153 Å². The van der Waals surface area contributed by atoms with Crippen LogP contribution in [0, 0.1) is 0 Å². The Morgan fingerprint density at radius 1 is 1.20 bits per heavy atom. The summed E-state index contributed by atoms with van der Waals surface area (Å²) in [5.74, 6) is -2.49. The van der Waals surface area contributed by atoms with Crippen LogP contribution in [-0.2, 0) is 0 Å². The SMILES string of the molecule is CNC1C=C(c2cc(SC)ccc2NC2CCC(F)(F)CC2)C=C1C. The molecule has 2 N–H and O–H groups in total. The molecule has 2 nitrogen and oxygen atoms in total. The average Bonchev–Trinajstić information content (AvgIpc) is 2.98. The summed E-state index contributed by atoms with van der Waals surface area (Å²) < 4.78 is 26.8. The van der Waals surface area contributed by atoms with Crippen molar-refractivity contribution in [3.05, 3.63) is 41.5 Å². The van der Waals surface area contributed by atoms with Gasteiger partial charge in [0.25, 0.3) is 0 Å². The highest BCUT2D eigenvalue weighted by molar-refractivity contribution is 7.98. The third-order valence-electron chi connectivity index (χ3n) is 5.15. The van der Waals surface area contributed by atoms with E-state index in [1.807, 2.05) is 7.05 Å². The van der Waals surface area contributed by atoms with Gasteiger partial charge in [0.2, 0.25) is 5.92 Å². The molecule has 0 aromatic heterocycles. The smallest absolute Gasteiger partial charge is 0.248 e. The number of hydrogen-bond acceptors (Lipinski definition) is 3. The number of halogens is 2. The molecule has 1 saturated carbocycles. The average molecular weight is 365 g/mol. The first-order chi connectivity index (χ1) is 11.9. The molecule has 0 spiro atoms. The van der Waals surface area contributed by atoms with Crippen molar-refractivity contribution in [1.29, 1.82) is 0 Å². The lowest BCUT2D eigenvalue weighted by Crippen LogP contribution is -2.32. The van der Waals surface area contributed by atoms with Gasteiger partial charge in [-0.15, -0.1) is 11.8 Å². The van der Waals surface area contributed by atoms with Crippen LogP contribution < -0.4 is 10.6 Å². The lowest BCUT2D eigenvalue weighted by molar-refractivity contribution is -0.0360. The summed E-state index contributed by atoms with van der Waals surface area (Å²) in [5.41, 5.74) is 4.67. The normalized spacial score (nSPS) is 23.3. The second-order valence-electron chi connectivity index (χ2n) is 6.96. The Kier molecular flexibility index (Phi) is 5.54. The van der Waals surface area contributed by atoms with Crippen LogP contribution in [0.1, 0.15) is 38.2 Å². The van der Waals surface area contributed by atoms with Gasteiger partial charge < -0.3 is 10.6 Å². The molecule has 136 valence electrons. The molecule has 1 atom stereocenters. The molecule has 2 aliphatic rings. The van der Waals surface area contributed by atoms with Gasteiger partial charge in [0.05, 0.1) is 0 Å². The zero-order valence-corrected chi connectivity index (χ0v) is 15.9. The van der Waals surface area contributed by atoms with Crippen molar-refractivity contribution >= 4 is 23.0 Å². The minimum atomic E-state index is -2.49. The maximum Gasteiger partial charge on any atom is 0.248 e. The van der Waals surface area contributed by atoms with Gasteiger partial charge in [0.15, 0.2) is 0 Å². The number of rotatable bonds is 5. The Hall–Kier alpha value is -1.33. The van der Waals surface area contributed by atoms with Crippen LogP contribution in [0.15, 0.2) is 40.8 Å². The van der Waals surface area contributed by atoms with E-state index in [-0.39, 0.29) is 24.9 Å². The molecule has 1 aromatic carbocycles. The van der Waals surface area contributed by atoms with Gasteiger partial charge in [-0.1, -0.05) is 17.7 Å². The van der Waals surface area contributed by atoms with E-state index in [1.165, 1.54) is 16.0 Å². The Bertz CT molecular complexity index is 687. The topological polar surface area (TPSA) is 24.1 Å². The van der Waals surface area contributed by atoms with Crippen LogP contribution >= 0.6 is 11.8 Å². The van der Waals surface area contributed by atoms with Gasteiger partial charge in [-0.05, 0) is 56.8 Å². The number of allylic oxidation sites excluding steroid dienone is 2. The number of benzene rings is 1. The van der Waals surface area contributed by atoms with Crippen molar-refractivity contribution in [2.45, 2.75) is 55.5 Å². The first-order valence-corrected chi connectivity index (χ1v) is 10.0. The highest BCUT2D eigenvalue weighted by Gasteiger charge is 2.35. The van der Waals surface area contributed by atoms with E-state index in [0.717, 1.165) is 11.3 Å². The summed E-state index contributed by atoms with van der Waals surface area (Å²) >= 11 is 1.71. The molecule has 1 aromatic rings. The van der Waals surface area contributed by atoms with Crippen LogP contribution in [-0.4, -0.2) is 31.3 Å². The highest BCUT2D eigenvalue weighted by Crippen LogP contribution is 2.37. The number of alkyl halides is 2. The molecule has 0 saturated heterocycles. The summed E-state index contributed by atoms with van der Waals surface area (Å²) in [4.78, 5) is 1.20. The molecule has 0 aliphatic heterocycles. The Balaban J connectivity index is 1.85. The summed E-state index contributed by atoms with van der Waals surface area (Å²) in [6.07, 6.45) is 7.50. The van der Waals surface area contributed by atoms with Crippen molar-refractivity contribution < 1.29 is 8.78 Å². The number of anilines is 1. The Morgan fingerprint density at radius 2 is 1.92 bits per heavy atom. The molecule has 3 rings (SSSR count). The summed E-state index contributed by atoms with van der Waals surface area (Å²) in [5, 5.41) is 6.83. The fourth-order valence-corrected chi connectivity index (χ4v) is 4.03. The summed E-state index contributed by atoms with van der Waals surface area (Å²) in [7, 11) is 1.96. The molecule has 0 heterocycles. The molecular weight excluding hydrogens is 338 g/mol. The standard InChI is InChI=1S/C20H26F2N2S/c1-13-10-14(11-19(13)23-2)17-12-16(25-3)4-5-18(17)24-15-6-8-20(21,22)9-7-15/h4-5,10-12,15,19,23-24H,6-9H2,1-3H3. The second-order valence-corrected chi connectivity index (χ2v) is 7.84. The lowest BCUT2D eigenvalue weighted by Gasteiger charge is -2.30. The molecule has 0 radical (unpaired) electrons. The van der Waals surface area contributed by atoms with Crippen molar-refractivity contribution in [2.75, 3.05) is 18.6 Å². The fraction of sp³-hybridized carbons (Fsp3) is 0.500. The van der Waals surface area contributed by atoms with Gasteiger partial charge in [0.1, 0.15) is 0 Å². The van der Waals surface area contributed by atoms with Crippen molar-refractivity contribution in [3.63, 3.8) is 0 Å². The van der Waals surface area contributed by atoms with Crippen LogP contribution in [0.2, 0.25) is 0 Å². The molecule has 2 aliphatic carbocycles. The van der Waals surface area contributed by atoms with E-state index < -0.39 is 5.92 Å². The number of hydrogen-bond donors (Lipinski definition) is 2. The van der Waals surface area contributed by atoms with Gasteiger partial charge in [-0.2, -0.15) is 0 Å². The maximum atomic E-state index is 13.4. The number of thioether (sulfide) groups is 1. The van der Waals surface area contributed by atoms with E-state index in [4.69, 9.17) is 0 Å². The third kappa shape index (κ3) is 4.26. The molecule has 1 unspecified atom stereocenters. The van der Waals surface area contributed by atoms with Crippen molar-refractivity contribution in [2.24, 2.45) is 0 Å². The molecular formula is C20H26F2N2S. The minimum absolute atomic E-state index is 0.0214. The van der Waals surface area contributed by atoms with E-state index in [2.05, 4.69) is 54.2 Å². The molecule has 5 heteroatoms. The lowest BCUT2D eigenvalue weighted by atomic mass is 9.91. The monoisotopic (exact) mass is 364 g/mol. The van der Waals surface area contributed by atoms with E-state index in [1.54, 1.807) is 11.8 Å². The molecule has 25 heavy (non-hydrogen) atoms. The van der Waals surface area contributed by atoms with Gasteiger partial charge in [-0.3, -0.25) is 0 Å². The van der Waals surface area contributed by atoms with Gasteiger partial charge in [0, 0.05) is 41.1 Å². The zero-order chi connectivity index (χ0) is 18.0. The molecule has 0 amide bonds. The quantitative estimate of drug-likeness (QED) is 0.691. The highest BCUT2D eigenvalue weighted by atomic mass is 32.2. The molecule has 0 bridgehead atoms. The maximum absolute atomic E-state index is 13.4. The molecule has 1 fully saturated rings. The summed E-state index contributed by atoms with van der Waals surface area (Å²) in [6, 6.07) is 6.75. The van der Waals surface area contributed by atoms with Gasteiger partial charge in [-0.25, -0.2) is 8.78 Å².